The van der Waals surface area contributed by atoms with Gasteiger partial charge in [0.25, 0.3) is 0 Å². The molecule has 2 aromatic heterocycles. The van der Waals surface area contributed by atoms with Crippen molar-refractivity contribution in [3.05, 3.63) is 52.4 Å². The first-order chi connectivity index (χ1) is 9.56. The van der Waals surface area contributed by atoms with E-state index in [0.29, 0.717) is 21.5 Å². The van der Waals surface area contributed by atoms with Gasteiger partial charge in [-0.15, -0.1) is 10.2 Å². The molecule has 0 aliphatic carbocycles. The summed E-state index contributed by atoms with van der Waals surface area (Å²) in [5.41, 5.74) is 1.26. The minimum atomic E-state index is -1.04. The third kappa shape index (κ3) is 2.05. The van der Waals surface area contributed by atoms with Crippen LogP contribution in [0.1, 0.15) is 10.4 Å². The minimum absolute atomic E-state index is 0.122. The van der Waals surface area contributed by atoms with E-state index in [0.717, 1.165) is 0 Å². The monoisotopic (exact) mass is 335 g/mol. The number of carboxylic acid groups (broad SMARTS) is 1. The van der Waals surface area contributed by atoms with Gasteiger partial charge in [-0.05, 0) is 46.3 Å². The van der Waals surface area contributed by atoms with Crippen molar-refractivity contribution < 1.29 is 14.3 Å². The van der Waals surface area contributed by atoms with Crippen LogP contribution in [-0.2, 0) is 0 Å². The van der Waals surface area contributed by atoms with Crippen LogP contribution < -0.4 is 0 Å². The molecule has 0 bridgehead atoms. The Bertz CT molecular complexity index is 832. The van der Waals surface area contributed by atoms with Crippen LogP contribution in [0.3, 0.4) is 0 Å². The molecule has 0 saturated heterocycles. The zero-order valence-corrected chi connectivity index (χ0v) is 11.5. The summed E-state index contributed by atoms with van der Waals surface area (Å²) in [4.78, 5) is 11.0. The molecule has 20 heavy (non-hydrogen) atoms. The van der Waals surface area contributed by atoms with Crippen LogP contribution in [0.2, 0.25) is 0 Å². The molecular formula is C13H7BrFN3O2. The maximum Gasteiger partial charge on any atom is 0.337 e. The third-order valence-electron chi connectivity index (χ3n) is 2.82. The number of carboxylic acids is 1. The molecule has 5 nitrogen and oxygen atoms in total. The molecule has 0 fully saturated rings. The van der Waals surface area contributed by atoms with E-state index in [4.69, 9.17) is 5.11 Å². The van der Waals surface area contributed by atoms with Gasteiger partial charge < -0.3 is 5.11 Å². The van der Waals surface area contributed by atoms with Crippen LogP contribution in [0.4, 0.5) is 4.39 Å². The standard InChI is InChI=1S/C13H7BrFN3O2/c14-10-5-8(15)2-3-9(10)12-17-16-11-4-1-7(13(19)20)6-18(11)12/h1-6H,(H,19,20). The molecule has 0 spiro atoms. The summed E-state index contributed by atoms with van der Waals surface area (Å²) in [7, 11) is 0. The molecule has 0 saturated carbocycles. The molecule has 0 atom stereocenters. The van der Waals surface area contributed by atoms with Gasteiger partial charge >= 0.3 is 5.97 Å². The highest BCUT2D eigenvalue weighted by Gasteiger charge is 2.13. The van der Waals surface area contributed by atoms with E-state index in [9.17, 15) is 9.18 Å². The van der Waals surface area contributed by atoms with Gasteiger partial charge in [-0.25, -0.2) is 9.18 Å². The molecule has 0 radical (unpaired) electrons. The van der Waals surface area contributed by atoms with Crippen molar-refractivity contribution in [2.24, 2.45) is 0 Å². The number of rotatable bonds is 2. The van der Waals surface area contributed by atoms with Crippen LogP contribution in [-0.4, -0.2) is 25.7 Å². The molecule has 3 rings (SSSR count). The molecular weight excluding hydrogens is 329 g/mol. The summed E-state index contributed by atoms with van der Waals surface area (Å²) in [5.74, 6) is -0.972. The number of carbonyl (C=O) groups is 1. The Hall–Kier alpha value is -2.28. The lowest BCUT2D eigenvalue weighted by Crippen LogP contribution is -1.99. The summed E-state index contributed by atoms with van der Waals surface area (Å²) in [6.45, 7) is 0. The van der Waals surface area contributed by atoms with Crippen LogP contribution in [0.25, 0.3) is 17.0 Å². The topological polar surface area (TPSA) is 67.5 Å². The molecule has 100 valence electrons. The first-order valence-corrected chi connectivity index (χ1v) is 6.39. The van der Waals surface area contributed by atoms with Crippen molar-refractivity contribution in [3.8, 4) is 11.4 Å². The fourth-order valence-corrected chi connectivity index (χ4v) is 2.40. The lowest BCUT2D eigenvalue weighted by molar-refractivity contribution is 0.0696. The number of halogens is 2. The molecule has 2 heterocycles. The zero-order chi connectivity index (χ0) is 14.3. The highest BCUT2D eigenvalue weighted by molar-refractivity contribution is 9.10. The predicted molar refractivity (Wildman–Crippen MR) is 73.0 cm³/mol. The Balaban J connectivity index is 2.25. The Morgan fingerprint density at radius 1 is 1.25 bits per heavy atom. The maximum atomic E-state index is 13.1. The zero-order valence-electron chi connectivity index (χ0n) is 9.92. The summed E-state index contributed by atoms with van der Waals surface area (Å²) in [6, 6.07) is 7.20. The number of benzene rings is 1. The average molecular weight is 336 g/mol. The Labute approximate surface area is 120 Å². The summed E-state index contributed by atoms with van der Waals surface area (Å²) < 4.78 is 15.2. The quantitative estimate of drug-likeness (QED) is 0.781. The van der Waals surface area contributed by atoms with Crippen molar-refractivity contribution in [2.45, 2.75) is 0 Å². The minimum Gasteiger partial charge on any atom is -0.478 e. The molecule has 0 unspecified atom stereocenters. The fourth-order valence-electron chi connectivity index (χ4n) is 1.87. The van der Waals surface area contributed by atoms with Gasteiger partial charge in [0.05, 0.1) is 5.56 Å². The van der Waals surface area contributed by atoms with E-state index in [1.165, 1.54) is 24.4 Å². The molecule has 1 N–H and O–H groups in total. The first kappa shape index (κ1) is 12.7. The van der Waals surface area contributed by atoms with E-state index < -0.39 is 5.97 Å². The van der Waals surface area contributed by atoms with E-state index in [1.54, 1.807) is 16.5 Å². The van der Waals surface area contributed by atoms with Gasteiger partial charge in [0.15, 0.2) is 11.5 Å². The van der Waals surface area contributed by atoms with Crippen LogP contribution in [0.15, 0.2) is 41.0 Å². The maximum absolute atomic E-state index is 13.1. The molecule has 3 aromatic rings. The van der Waals surface area contributed by atoms with E-state index in [-0.39, 0.29) is 11.4 Å². The van der Waals surface area contributed by atoms with Gasteiger partial charge in [0.2, 0.25) is 0 Å². The van der Waals surface area contributed by atoms with E-state index in [1.807, 2.05) is 0 Å². The average Bonchev–Trinajstić information content (AvgIpc) is 2.81. The molecule has 1 aromatic carbocycles. The number of fused-ring (bicyclic) bond motifs is 1. The molecule has 0 aliphatic heterocycles. The molecule has 0 aliphatic rings. The van der Waals surface area contributed by atoms with Crippen molar-refractivity contribution >= 4 is 27.5 Å². The highest BCUT2D eigenvalue weighted by atomic mass is 79.9. The van der Waals surface area contributed by atoms with E-state index in [2.05, 4.69) is 26.1 Å². The third-order valence-corrected chi connectivity index (χ3v) is 3.48. The number of aromatic nitrogens is 3. The number of hydrogen-bond donors (Lipinski definition) is 1. The van der Waals surface area contributed by atoms with Gasteiger partial charge in [-0.2, -0.15) is 0 Å². The van der Waals surface area contributed by atoms with Gasteiger partial charge in [0.1, 0.15) is 5.82 Å². The van der Waals surface area contributed by atoms with Crippen molar-refractivity contribution in [1.82, 2.24) is 14.6 Å². The second kappa shape index (κ2) is 4.68. The van der Waals surface area contributed by atoms with Crippen molar-refractivity contribution in [2.75, 3.05) is 0 Å². The second-order valence-corrected chi connectivity index (χ2v) is 4.95. The van der Waals surface area contributed by atoms with Gasteiger partial charge in [0, 0.05) is 16.2 Å². The molecule has 0 amide bonds. The van der Waals surface area contributed by atoms with Crippen molar-refractivity contribution in [3.63, 3.8) is 0 Å². The SMILES string of the molecule is O=C(O)c1ccc2nnc(-c3ccc(F)cc3Br)n2c1. The Morgan fingerprint density at radius 2 is 2.05 bits per heavy atom. The second-order valence-electron chi connectivity index (χ2n) is 4.10. The van der Waals surface area contributed by atoms with Gasteiger partial charge in [-0.3, -0.25) is 4.40 Å². The fraction of sp³-hybridized carbons (Fsp3) is 0. The number of pyridine rings is 1. The lowest BCUT2D eigenvalue weighted by Gasteiger charge is -2.04. The van der Waals surface area contributed by atoms with E-state index >= 15 is 0 Å². The largest absolute Gasteiger partial charge is 0.478 e. The predicted octanol–water partition coefficient (Wildman–Crippen LogP) is 3.00. The first-order valence-electron chi connectivity index (χ1n) is 5.60. The number of aromatic carboxylic acids is 1. The van der Waals surface area contributed by atoms with Crippen LogP contribution >= 0.6 is 15.9 Å². The van der Waals surface area contributed by atoms with Crippen molar-refractivity contribution in [1.29, 1.82) is 0 Å². The number of hydrogen-bond acceptors (Lipinski definition) is 3. The van der Waals surface area contributed by atoms with Gasteiger partial charge in [-0.1, -0.05) is 0 Å². The highest BCUT2D eigenvalue weighted by Crippen LogP contribution is 2.28. The smallest absolute Gasteiger partial charge is 0.337 e. The summed E-state index contributed by atoms with van der Waals surface area (Å²) >= 11 is 3.26. The Kier molecular flexibility index (Phi) is 2.98. The van der Waals surface area contributed by atoms with Crippen LogP contribution in [0, 0.1) is 5.82 Å². The summed E-state index contributed by atoms with van der Waals surface area (Å²) in [6.07, 6.45) is 1.43. The Morgan fingerprint density at radius 3 is 2.75 bits per heavy atom. The molecule has 7 heteroatoms. The number of nitrogens with zero attached hydrogens (tertiary/aromatic N) is 3. The van der Waals surface area contributed by atoms with Crippen LogP contribution in [0.5, 0.6) is 0 Å². The summed E-state index contributed by atoms with van der Waals surface area (Å²) in [5, 5.41) is 17.0. The normalized spacial score (nSPS) is 10.9. The lowest BCUT2D eigenvalue weighted by atomic mass is 10.2.